The van der Waals surface area contributed by atoms with Gasteiger partial charge in [0, 0.05) is 218 Å². The lowest BCUT2D eigenvalue weighted by Crippen LogP contribution is -2.41. The summed E-state index contributed by atoms with van der Waals surface area (Å²) in [6.07, 6.45) is 17.6. The molecule has 6 N–H and O–H groups in total. The number of carbonyl (C=O) groups excluding carboxylic acids is 6. The fraction of sp³-hybridized carbons (Fsp3) is 0.432. The Bertz CT molecular complexity index is 6640. The van der Waals surface area contributed by atoms with Crippen molar-refractivity contribution in [2.24, 2.45) is 32.5 Å². The van der Waals surface area contributed by atoms with Crippen LogP contribution in [0, 0.1) is 79.8 Å². The van der Waals surface area contributed by atoms with Crippen molar-refractivity contribution < 1.29 is 33.2 Å². The van der Waals surface area contributed by atoms with E-state index in [1.54, 1.807) is 18.3 Å². The second kappa shape index (κ2) is 36.2. The van der Waals surface area contributed by atoms with Crippen molar-refractivity contribution in [2.45, 2.75) is 314 Å². The van der Waals surface area contributed by atoms with Gasteiger partial charge in [-0.05, 0) is 194 Å². The number of benzene rings is 5. The molecule has 0 spiro atoms. The number of H-pyrrole nitrogens is 6. The molecule has 0 saturated carbocycles. The number of rotatable bonds is 6. The lowest BCUT2D eigenvalue weighted by molar-refractivity contribution is -0.119. The number of Topliss-reactive ketones (excluding diaryl/α,β-unsaturated/α-hetero) is 6. The molecule has 145 heavy (non-hydrogen) atoms. The second-order valence-corrected chi connectivity index (χ2v) is 49.5. The van der Waals surface area contributed by atoms with Crippen LogP contribution < -0.4 is 0 Å². The highest BCUT2D eigenvalue weighted by molar-refractivity contribution is 6.06. The van der Waals surface area contributed by atoms with Crippen molar-refractivity contribution in [3.8, 4) is 0 Å². The number of pyridine rings is 1. The molecule has 24 rings (SSSR count). The summed E-state index contributed by atoms with van der Waals surface area (Å²) in [5.41, 5.74) is 36.4. The molecule has 0 fully saturated rings. The van der Waals surface area contributed by atoms with Crippen molar-refractivity contribution in [2.75, 3.05) is 0 Å². The van der Waals surface area contributed by atoms with Crippen molar-refractivity contribution >= 4 is 34.7 Å². The average Bonchev–Trinajstić information content (AvgIpc) is 1.60. The highest BCUT2D eigenvalue weighted by Gasteiger charge is 2.57. The van der Waals surface area contributed by atoms with Crippen LogP contribution in [-0.2, 0) is 99.8 Å². The van der Waals surface area contributed by atoms with Gasteiger partial charge in [0.25, 0.3) is 0 Å². The minimum absolute atomic E-state index is 0.0224. The molecule has 20 heteroatoms. The minimum atomic E-state index is -0.793. The molecule has 12 aliphatic carbocycles. The number of hydrogen-bond donors (Lipinski definition) is 6. The number of allylic oxidation sites excluding steroid dienone is 12. The predicted octanol–water partition coefficient (Wildman–Crippen LogP) is 25.1. The van der Waals surface area contributed by atoms with Crippen LogP contribution in [0.4, 0.5) is 4.39 Å². The van der Waals surface area contributed by atoms with Crippen LogP contribution in [0.25, 0.3) is 0 Å². The van der Waals surface area contributed by atoms with E-state index in [0.29, 0.717) is 73.6 Å². The SMILES string of the molecule is Cc1[nH]nc2c1C(C)(c1ccccc1)C1=C(C2)CC(C)(C)CC1=O.Cc1[nH]nc2c1C(C)(c1ccccc1)C1=C(C2)CC(C)(C)CC1=O.Cc1[nH]nc2c1C(C)(c1ccccc1F)C1=C(C2)CC(C)(C)CC1=O.Cc1[nH]nc2c1C(C)(c1cccnc1)C1=C(C2)CC(C)(C)CC1=O.Cc1[nH]nc2c1[C@@](C)(c1ccccc1)C1=C(C2)CC(C)(C)CC1=O.Cc1[nH]nc2c1[C@](C)(c1ccccc1)C1=C(C2)CC(C)(C)CC1=O. The van der Waals surface area contributed by atoms with Gasteiger partial charge in [0.05, 0.1) is 45.0 Å². The monoisotopic (exact) mass is 1940 g/mol. The van der Waals surface area contributed by atoms with Gasteiger partial charge in [-0.3, -0.25) is 64.3 Å². The highest BCUT2D eigenvalue weighted by Crippen LogP contribution is 2.61. The Kier molecular flexibility index (Phi) is 25.1. The van der Waals surface area contributed by atoms with Gasteiger partial charge in [0.15, 0.2) is 34.7 Å². The molecule has 4 unspecified atom stereocenters. The number of nitrogens with zero attached hydrogens (tertiary/aromatic N) is 7. The average molecular weight is 1940 g/mol. The van der Waals surface area contributed by atoms with Gasteiger partial charge in [-0.15, -0.1) is 0 Å². The summed E-state index contributed by atoms with van der Waals surface area (Å²) < 4.78 is 14.8. The normalized spacial score (nSPS) is 25.3. The summed E-state index contributed by atoms with van der Waals surface area (Å²) in [6, 6.07) is 52.5. The molecule has 12 aromatic rings. The first-order valence-corrected chi connectivity index (χ1v) is 52.1. The minimum Gasteiger partial charge on any atom is -0.294 e. The van der Waals surface area contributed by atoms with Crippen LogP contribution in [0.2, 0.25) is 0 Å². The molecule has 19 nitrogen and oxygen atoms in total. The summed E-state index contributed by atoms with van der Waals surface area (Å²) in [6.45, 7) is 51.4. The standard InChI is InChI=1S/C21H23FN2O.4C21H24N2O.C20H23N3O/c1-12-18-16(24-23-12)9-13-10-20(2,3)11-17(25)19(13)21(18,4)14-7-5-6-8-15(14)22;4*1-13-18-16(23-22-13)10-14-11-20(2,3)12-17(24)19(14)21(18,4)15-8-6-5-7-9-15;1-12-17-15(23-22-12)8-13-9-19(2,3)10-16(24)18(13)20(17,4)14-6-5-7-21-11-14/h5-8H,9-11H2,1-4H3,(H,23,24);4*5-9H,10-12H2,1-4H3,(H,22,23);5-7,11H,8-10H2,1-4H3,(H,22,23)/t;2*21-;;;/m.10.../s1. The third-order valence-electron chi connectivity index (χ3n) is 34.3. The van der Waals surface area contributed by atoms with Gasteiger partial charge >= 0.3 is 0 Å². The zero-order valence-corrected chi connectivity index (χ0v) is 89.4. The van der Waals surface area contributed by atoms with Crippen molar-refractivity contribution in [1.82, 2.24) is 66.2 Å². The second-order valence-electron chi connectivity index (χ2n) is 49.5. The van der Waals surface area contributed by atoms with E-state index in [4.69, 9.17) is 0 Å². The lowest BCUT2D eigenvalue weighted by atomic mass is 9.58. The zero-order chi connectivity index (χ0) is 104. The van der Waals surface area contributed by atoms with E-state index in [1.807, 2.05) is 63.4 Å². The number of carbonyl (C=O) groups is 6. The molecule has 5 aromatic carbocycles. The predicted molar refractivity (Wildman–Crippen MR) is 568 cm³/mol. The first kappa shape index (κ1) is 101. The van der Waals surface area contributed by atoms with Crippen molar-refractivity contribution in [3.63, 3.8) is 0 Å². The Morgan fingerprint density at radius 3 is 0.621 bits per heavy atom. The molecule has 12 aliphatic rings. The zero-order valence-electron chi connectivity index (χ0n) is 89.4. The van der Waals surface area contributed by atoms with Crippen LogP contribution in [-0.4, -0.2) is 101 Å². The first-order chi connectivity index (χ1) is 68.4. The number of aromatic nitrogens is 13. The van der Waals surface area contributed by atoms with Gasteiger partial charge in [-0.2, -0.15) is 30.6 Å². The Hall–Kier alpha value is -13.1. The Balaban J connectivity index is 0.000000110. The van der Waals surface area contributed by atoms with Gasteiger partial charge in [0.2, 0.25) is 0 Å². The number of fused-ring (bicyclic) bond motifs is 6. The van der Waals surface area contributed by atoms with Crippen LogP contribution in [0.1, 0.15) is 337 Å². The molecule has 0 aliphatic heterocycles. The van der Waals surface area contributed by atoms with E-state index in [2.05, 4.69) is 315 Å². The maximum Gasteiger partial charge on any atom is 0.160 e. The molecule has 0 radical (unpaired) electrons. The van der Waals surface area contributed by atoms with Gasteiger partial charge in [0.1, 0.15) is 5.82 Å². The fourth-order valence-electron chi connectivity index (χ4n) is 29.3. The van der Waals surface area contributed by atoms with Gasteiger partial charge < -0.3 is 0 Å². The van der Waals surface area contributed by atoms with E-state index in [1.165, 1.54) is 78.4 Å². The number of aromatic amines is 6. The number of aryl methyl sites for hydroxylation is 6. The van der Waals surface area contributed by atoms with Crippen molar-refractivity contribution in [3.05, 3.63) is 378 Å². The topological polar surface area (TPSA) is 287 Å². The lowest BCUT2D eigenvalue weighted by Gasteiger charge is -2.43. The van der Waals surface area contributed by atoms with E-state index in [-0.39, 0.29) is 49.9 Å². The van der Waals surface area contributed by atoms with Crippen LogP contribution >= 0.6 is 0 Å². The maximum absolute atomic E-state index is 14.8. The highest BCUT2D eigenvalue weighted by atomic mass is 19.1. The van der Waals surface area contributed by atoms with Crippen molar-refractivity contribution in [1.29, 1.82) is 0 Å². The van der Waals surface area contributed by atoms with Gasteiger partial charge in [-0.25, -0.2) is 4.39 Å². The van der Waals surface area contributed by atoms with Gasteiger partial charge in [-0.1, -0.05) is 262 Å². The number of nitrogens with one attached hydrogen (secondary N) is 6. The van der Waals surface area contributed by atoms with E-state index in [9.17, 15) is 33.2 Å². The molecular formula is C125H142FN13O6. The van der Waals surface area contributed by atoms with E-state index < -0.39 is 32.5 Å². The summed E-state index contributed by atoms with van der Waals surface area (Å²) in [5, 5.41) is 46.2. The molecule has 7 heterocycles. The Morgan fingerprint density at radius 1 is 0.228 bits per heavy atom. The summed E-state index contributed by atoms with van der Waals surface area (Å²) >= 11 is 0. The van der Waals surface area contributed by atoms with Crippen LogP contribution in [0.3, 0.4) is 0 Å². The molecule has 6 atom stereocenters. The third kappa shape index (κ3) is 17.2. The maximum atomic E-state index is 14.8. The quantitative estimate of drug-likeness (QED) is 0.0904. The summed E-state index contributed by atoms with van der Waals surface area (Å²) in [7, 11) is 0. The molecule has 750 valence electrons. The molecule has 0 amide bonds. The Morgan fingerprint density at radius 2 is 0.414 bits per heavy atom. The summed E-state index contributed by atoms with van der Waals surface area (Å²) in [5.74, 6) is 1.36. The first-order valence-electron chi connectivity index (χ1n) is 52.1. The molecular weight excluding hydrogens is 1800 g/mol. The van der Waals surface area contributed by atoms with E-state index >= 15 is 0 Å². The molecule has 0 saturated heterocycles. The fourth-order valence-corrected chi connectivity index (χ4v) is 29.3. The smallest absolute Gasteiger partial charge is 0.160 e. The largest absolute Gasteiger partial charge is 0.294 e. The van der Waals surface area contributed by atoms with E-state index in [0.717, 1.165) is 195 Å². The third-order valence-corrected chi connectivity index (χ3v) is 34.3. The number of hydrogen-bond acceptors (Lipinski definition) is 13. The Labute approximate surface area is 853 Å². The number of halogens is 1. The number of ketones is 6. The molecule has 7 aromatic heterocycles. The summed E-state index contributed by atoms with van der Waals surface area (Å²) in [4.78, 5) is 83.4. The van der Waals surface area contributed by atoms with Crippen LogP contribution in [0.5, 0.6) is 0 Å². The van der Waals surface area contributed by atoms with Crippen LogP contribution in [0.15, 0.2) is 237 Å². The molecule has 0 bridgehead atoms.